The van der Waals surface area contributed by atoms with Crippen LogP contribution in [0.3, 0.4) is 0 Å². The van der Waals surface area contributed by atoms with Gasteiger partial charge in [-0.1, -0.05) is 40.9 Å². The van der Waals surface area contributed by atoms with Crippen molar-refractivity contribution in [3.63, 3.8) is 0 Å². The molecule has 4 rings (SSSR count). The Bertz CT molecular complexity index is 1140. The van der Waals surface area contributed by atoms with E-state index in [9.17, 15) is 14.4 Å². The van der Waals surface area contributed by atoms with Gasteiger partial charge in [0.25, 0.3) is 11.8 Å². The number of imide groups is 1. The molecule has 6 nitrogen and oxygen atoms in total. The van der Waals surface area contributed by atoms with Crippen LogP contribution in [0.5, 0.6) is 0 Å². The van der Waals surface area contributed by atoms with Crippen LogP contribution in [0.25, 0.3) is 11.4 Å². The zero-order valence-electron chi connectivity index (χ0n) is 19.4. The van der Waals surface area contributed by atoms with Crippen molar-refractivity contribution in [3.8, 4) is 0 Å². The molecule has 0 radical (unpaired) electrons. The summed E-state index contributed by atoms with van der Waals surface area (Å²) in [6.07, 6.45) is 3.23. The van der Waals surface area contributed by atoms with Crippen LogP contribution in [0.1, 0.15) is 56.2 Å². The van der Waals surface area contributed by atoms with Gasteiger partial charge in [-0.15, -0.1) is 22.7 Å². The number of amides is 3. The highest BCUT2D eigenvalue weighted by Gasteiger charge is 2.52. The van der Waals surface area contributed by atoms with Gasteiger partial charge in [0.15, 0.2) is 0 Å². The molecule has 4 heterocycles. The second-order valence-electron chi connectivity index (χ2n) is 9.08. The lowest BCUT2D eigenvalue weighted by molar-refractivity contribution is -0.124. The number of nitrogens with zero attached hydrogens (tertiary/aromatic N) is 2. The molecule has 0 saturated carbocycles. The van der Waals surface area contributed by atoms with Crippen molar-refractivity contribution in [1.82, 2.24) is 9.80 Å². The smallest absolute Gasteiger partial charge is 0.422 e. The van der Waals surface area contributed by atoms with Crippen LogP contribution in [-0.4, -0.2) is 45.2 Å². The Morgan fingerprint density at radius 3 is 2.06 bits per heavy atom. The van der Waals surface area contributed by atoms with Crippen molar-refractivity contribution >= 4 is 67.9 Å². The van der Waals surface area contributed by atoms with Crippen molar-refractivity contribution in [2.45, 2.75) is 52.1 Å². The fraction of sp³-hybridized carbons (Fsp3) is 0.400. The first kappa shape index (κ1) is 24.9. The van der Waals surface area contributed by atoms with Crippen LogP contribution in [0.4, 0.5) is 4.79 Å². The summed E-state index contributed by atoms with van der Waals surface area (Å²) in [6, 6.07) is 7.48. The average molecular weight is 564 g/mol. The summed E-state index contributed by atoms with van der Waals surface area (Å²) in [5, 5.41) is 4.75. The first-order valence-electron chi connectivity index (χ1n) is 11.3. The number of carbonyl (C=O) groups is 3. The van der Waals surface area contributed by atoms with Crippen LogP contribution in [0.2, 0.25) is 0 Å². The van der Waals surface area contributed by atoms with Crippen LogP contribution in [-0.2, 0) is 14.3 Å². The minimum atomic E-state index is -0.781. The molecule has 2 aliphatic heterocycles. The lowest BCUT2D eigenvalue weighted by Crippen LogP contribution is -2.38. The second-order valence-corrected chi connectivity index (χ2v) is 11.8. The maximum atomic E-state index is 13.8. The molecule has 2 aromatic heterocycles. The number of hydrogen-bond donors (Lipinski definition) is 0. The summed E-state index contributed by atoms with van der Waals surface area (Å²) >= 11 is 6.32. The van der Waals surface area contributed by atoms with Gasteiger partial charge in [0.1, 0.15) is 5.60 Å². The third-order valence-corrected chi connectivity index (χ3v) is 7.76. The number of rotatable bonds is 8. The van der Waals surface area contributed by atoms with E-state index in [1.54, 1.807) is 25.7 Å². The van der Waals surface area contributed by atoms with Gasteiger partial charge >= 0.3 is 6.09 Å². The average Bonchev–Trinajstić information content (AvgIpc) is 3.54. The number of carbonyl (C=O) groups excluding carboxylic acids is 3. The van der Waals surface area contributed by atoms with Crippen molar-refractivity contribution in [3.05, 3.63) is 55.9 Å². The summed E-state index contributed by atoms with van der Waals surface area (Å²) in [5.74, 6) is -0.743. The summed E-state index contributed by atoms with van der Waals surface area (Å²) < 4.78 is 5.56. The Hall–Kier alpha value is -2.23. The fourth-order valence-corrected chi connectivity index (χ4v) is 6.03. The van der Waals surface area contributed by atoms with E-state index in [4.69, 9.17) is 4.74 Å². The molecule has 3 amide bonds. The number of halogens is 1. The third-order valence-electron chi connectivity index (χ3n) is 5.44. The van der Waals surface area contributed by atoms with E-state index in [2.05, 4.69) is 15.9 Å². The van der Waals surface area contributed by atoms with E-state index < -0.39 is 17.6 Å². The Labute approximate surface area is 216 Å². The summed E-state index contributed by atoms with van der Waals surface area (Å²) in [7, 11) is 0. The molecule has 0 bridgehead atoms. The summed E-state index contributed by atoms with van der Waals surface area (Å²) in [5.41, 5.74) is 0.728. The van der Waals surface area contributed by atoms with Gasteiger partial charge < -0.3 is 9.64 Å². The van der Waals surface area contributed by atoms with Crippen LogP contribution in [0.15, 0.2) is 46.2 Å². The molecule has 0 spiro atoms. The van der Waals surface area contributed by atoms with Crippen LogP contribution in [0, 0.1) is 0 Å². The highest BCUT2D eigenvalue weighted by atomic mass is 79.9. The van der Waals surface area contributed by atoms with Gasteiger partial charge in [-0.05, 0) is 56.5 Å². The molecule has 0 fully saturated rings. The van der Waals surface area contributed by atoms with Gasteiger partial charge in [0, 0.05) is 11.9 Å². The molecule has 0 unspecified atom stereocenters. The monoisotopic (exact) mass is 562 g/mol. The highest BCUT2D eigenvalue weighted by Crippen LogP contribution is 2.48. The first-order valence-corrected chi connectivity index (χ1v) is 14.1. The minimum absolute atomic E-state index is 0.235. The molecule has 0 aromatic carbocycles. The standard InChI is InChI=1S/C25H27BrN2O4S2/c1-25(2,3)32-24(31)28-21(17-11-9-15-34-17)19-18(23(28)30)20(16-10-8-14-33-16)27(22(19)29)13-7-5-4-6-12-26/h8-11,14-15H,4-7,12-13H2,1-3H3. The molecule has 2 aliphatic rings. The van der Waals surface area contributed by atoms with Crippen LogP contribution >= 0.6 is 38.6 Å². The first-order chi connectivity index (χ1) is 16.2. The van der Waals surface area contributed by atoms with Crippen molar-refractivity contribution in [1.29, 1.82) is 0 Å². The van der Waals surface area contributed by atoms with Gasteiger partial charge in [0.05, 0.1) is 32.3 Å². The van der Waals surface area contributed by atoms with E-state index in [-0.39, 0.29) is 5.91 Å². The van der Waals surface area contributed by atoms with Gasteiger partial charge in [0.2, 0.25) is 0 Å². The molecule has 9 heteroatoms. The normalized spacial score (nSPS) is 16.2. The Balaban J connectivity index is 1.81. The number of thiophene rings is 2. The lowest BCUT2D eigenvalue weighted by Gasteiger charge is -2.26. The third kappa shape index (κ3) is 4.78. The maximum absolute atomic E-state index is 13.8. The van der Waals surface area contributed by atoms with Crippen molar-refractivity contribution in [2.24, 2.45) is 0 Å². The van der Waals surface area contributed by atoms with E-state index in [0.717, 1.165) is 40.8 Å². The van der Waals surface area contributed by atoms with Crippen LogP contribution < -0.4 is 0 Å². The SMILES string of the molecule is CC(C)(C)OC(=O)N1C(=O)C2=C(c3cccs3)N(CCCCCCBr)C(=O)C2=C1c1cccs1. The zero-order chi connectivity index (χ0) is 24.5. The number of hydrogen-bond acceptors (Lipinski definition) is 6. The van der Waals surface area contributed by atoms with E-state index in [0.29, 0.717) is 34.0 Å². The quantitative estimate of drug-likeness (QED) is 0.272. The minimum Gasteiger partial charge on any atom is -0.443 e. The molecule has 34 heavy (non-hydrogen) atoms. The number of alkyl halides is 1. The Kier molecular flexibility index (Phi) is 7.45. The summed E-state index contributed by atoms with van der Waals surface area (Å²) in [6.45, 7) is 5.79. The largest absolute Gasteiger partial charge is 0.443 e. The summed E-state index contributed by atoms with van der Waals surface area (Å²) in [4.78, 5) is 45.0. The molecular formula is C25H27BrN2O4S2. The van der Waals surface area contributed by atoms with Gasteiger partial charge in [-0.3, -0.25) is 9.59 Å². The predicted octanol–water partition coefficient (Wildman–Crippen LogP) is 6.51. The zero-order valence-corrected chi connectivity index (χ0v) is 22.6. The Morgan fingerprint density at radius 2 is 1.50 bits per heavy atom. The molecule has 0 N–H and O–H groups in total. The molecule has 0 saturated heterocycles. The van der Waals surface area contributed by atoms with E-state index in [1.165, 1.54) is 22.7 Å². The number of fused-ring (bicyclic) bond motifs is 1. The molecule has 180 valence electrons. The number of ether oxygens (including phenoxy) is 1. The van der Waals surface area contributed by atoms with E-state index >= 15 is 0 Å². The lowest BCUT2D eigenvalue weighted by atomic mass is 10.1. The molecule has 2 aromatic rings. The number of unbranched alkanes of at least 4 members (excludes halogenated alkanes) is 3. The van der Waals surface area contributed by atoms with Crippen molar-refractivity contribution < 1.29 is 19.1 Å². The van der Waals surface area contributed by atoms with E-state index in [1.807, 2.05) is 35.0 Å². The topological polar surface area (TPSA) is 66.9 Å². The molecule has 0 aliphatic carbocycles. The molecular weight excluding hydrogens is 536 g/mol. The maximum Gasteiger partial charge on any atom is 0.422 e. The Morgan fingerprint density at radius 1 is 0.912 bits per heavy atom. The second kappa shape index (κ2) is 10.2. The predicted molar refractivity (Wildman–Crippen MR) is 140 cm³/mol. The van der Waals surface area contributed by atoms with Gasteiger partial charge in [-0.25, -0.2) is 9.69 Å². The van der Waals surface area contributed by atoms with Crippen molar-refractivity contribution in [2.75, 3.05) is 11.9 Å². The van der Waals surface area contributed by atoms with Gasteiger partial charge in [-0.2, -0.15) is 0 Å². The fourth-order valence-electron chi connectivity index (χ4n) is 4.08. The highest BCUT2D eigenvalue weighted by molar-refractivity contribution is 9.09. The molecule has 0 atom stereocenters.